The fraction of sp³-hybridized carbons (Fsp3) is 0.238. The molecule has 0 spiro atoms. The number of anilines is 1. The van der Waals surface area contributed by atoms with E-state index in [1.54, 1.807) is 29.7 Å². The number of carbonyl (C=O) groups is 2. The number of rotatable bonds is 3. The van der Waals surface area contributed by atoms with E-state index in [0.29, 0.717) is 24.3 Å². The third-order valence-electron chi connectivity index (χ3n) is 4.92. The van der Waals surface area contributed by atoms with E-state index in [1.165, 1.54) is 16.6 Å². The van der Waals surface area contributed by atoms with Crippen molar-refractivity contribution in [2.45, 2.75) is 26.8 Å². The number of aromatic nitrogens is 2. The van der Waals surface area contributed by atoms with Crippen LogP contribution in [0.15, 0.2) is 42.0 Å². The molecular weight excluding hydrogens is 372 g/mol. The third kappa shape index (κ3) is 3.53. The van der Waals surface area contributed by atoms with Crippen LogP contribution in [0.5, 0.6) is 0 Å². The van der Waals surface area contributed by atoms with E-state index in [2.05, 4.69) is 26.7 Å². The van der Waals surface area contributed by atoms with E-state index < -0.39 is 0 Å². The van der Waals surface area contributed by atoms with Gasteiger partial charge in [-0.2, -0.15) is 0 Å². The number of thiophene rings is 1. The van der Waals surface area contributed by atoms with E-state index in [4.69, 9.17) is 0 Å². The smallest absolute Gasteiger partial charge is 0.275 e. The van der Waals surface area contributed by atoms with Gasteiger partial charge in [0.25, 0.3) is 11.8 Å². The first kappa shape index (κ1) is 18.3. The van der Waals surface area contributed by atoms with E-state index in [9.17, 15) is 9.59 Å². The first-order chi connectivity index (χ1) is 13.5. The lowest BCUT2D eigenvalue weighted by atomic mass is 10.0. The van der Waals surface area contributed by atoms with Crippen LogP contribution in [0, 0.1) is 13.8 Å². The zero-order chi connectivity index (χ0) is 19.7. The molecule has 1 aliphatic rings. The first-order valence-electron chi connectivity index (χ1n) is 9.07. The third-order valence-corrected chi connectivity index (χ3v) is 5.94. The molecule has 0 unspecified atom stereocenters. The monoisotopic (exact) mass is 392 g/mol. The largest absolute Gasteiger partial charge is 0.334 e. The second-order valence-electron chi connectivity index (χ2n) is 6.82. The van der Waals surface area contributed by atoms with Gasteiger partial charge < -0.3 is 10.2 Å². The van der Waals surface area contributed by atoms with Gasteiger partial charge in [-0.25, -0.2) is 4.98 Å². The number of hydrogen-bond donors (Lipinski definition) is 1. The van der Waals surface area contributed by atoms with Crippen molar-refractivity contribution in [3.05, 3.63) is 75.0 Å². The Morgan fingerprint density at radius 3 is 2.79 bits per heavy atom. The maximum atomic E-state index is 13.1. The lowest BCUT2D eigenvalue weighted by molar-refractivity contribution is 0.0735. The minimum absolute atomic E-state index is 0.0134. The Kier molecular flexibility index (Phi) is 4.92. The predicted octanol–water partition coefficient (Wildman–Crippen LogP) is 3.61. The number of carbonyl (C=O) groups excluding carboxylic acids is 2. The number of nitrogens with zero attached hydrogens (tertiary/aromatic N) is 3. The van der Waals surface area contributed by atoms with Crippen LogP contribution >= 0.6 is 11.3 Å². The van der Waals surface area contributed by atoms with Crippen molar-refractivity contribution in [3.8, 4) is 0 Å². The van der Waals surface area contributed by atoms with Gasteiger partial charge in [-0.15, -0.1) is 11.3 Å². The molecule has 1 aliphatic heterocycles. The summed E-state index contributed by atoms with van der Waals surface area (Å²) in [7, 11) is 0. The second kappa shape index (κ2) is 7.52. The van der Waals surface area contributed by atoms with Crippen molar-refractivity contribution in [1.29, 1.82) is 0 Å². The zero-order valence-corrected chi connectivity index (χ0v) is 16.5. The highest BCUT2D eigenvalue weighted by Gasteiger charge is 2.24. The van der Waals surface area contributed by atoms with E-state index >= 15 is 0 Å². The van der Waals surface area contributed by atoms with Crippen molar-refractivity contribution in [2.24, 2.45) is 0 Å². The number of aryl methyl sites for hydroxylation is 1. The molecule has 4 rings (SSSR count). The van der Waals surface area contributed by atoms with E-state index in [-0.39, 0.29) is 17.5 Å². The summed E-state index contributed by atoms with van der Waals surface area (Å²) in [6.07, 6.45) is 3.89. The van der Waals surface area contributed by atoms with Crippen LogP contribution in [0.3, 0.4) is 0 Å². The highest BCUT2D eigenvalue weighted by molar-refractivity contribution is 7.10. The van der Waals surface area contributed by atoms with Gasteiger partial charge in [0.05, 0.1) is 11.9 Å². The number of hydrogen-bond acceptors (Lipinski definition) is 5. The molecular formula is C21H20N4O2S. The van der Waals surface area contributed by atoms with E-state index in [0.717, 1.165) is 17.7 Å². The molecule has 0 atom stereocenters. The summed E-state index contributed by atoms with van der Waals surface area (Å²) in [6.45, 7) is 5.01. The number of nitrogens with one attached hydrogen (secondary N) is 1. The van der Waals surface area contributed by atoms with Gasteiger partial charge in [0.1, 0.15) is 5.69 Å². The Balaban J connectivity index is 1.54. The molecule has 1 N–H and O–H groups in total. The standard InChI is InChI=1S/C21H20N4O2S/c1-13-10-23-18(11-22-13)20(26)24-17-5-3-4-16(14(17)2)21(27)25-8-6-19-15(12-25)7-9-28-19/h3-5,7,9-11H,6,8,12H2,1-2H3,(H,24,26). The average molecular weight is 392 g/mol. The van der Waals surface area contributed by atoms with E-state index in [1.807, 2.05) is 24.8 Å². The molecule has 0 fully saturated rings. The summed E-state index contributed by atoms with van der Waals surface area (Å²) in [5.74, 6) is -0.360. The van der Waals surface area contributed by atoms with Crippen LogP contribution in [0.4, 0.5) is 5.69 Å². The number of fused-ring (bicyclic) bond motifs is 1. The van der Waals surface area contributed by atoms with Gasteiger partial charge >= 0.3 is 0 Å². The number of amides is 2. The molecule has 0 saturated carbocycles. The molecule has 0 radical (unpaired) electrons. The summed E-state index contributed by atoms with van der Waals surface area (Å²) in [5.41, 5.74) is 4.16. The Morgan fingerprint density at radius 1 is 1.14 bits per heavy atom. The normalized spacial score (nSPS) is 13.1. The first-order valence-corrected chi connectivity index (χ1v) is 9.95. The summed E-state index contributed by atoms with van der Waals surface area (Å²) in [4.78, 5) is 37.0. The van der Waals surface area contributed by atoms with Gasteiger partial charge in [0.2, 0.25) is 0 Å². The maximum absolute atomic E-state index is 13.1. The van der Waals surface area contributed by atoms with Crippen molar-refractivity contribution in [1.82, 2.24) is 14.9 Å². The predicted molar refractivity (Wildman–Crippen MR) is 109 cm³/mol. The van der Waals surface area contributed by atoms with Gasteiger partial charge in [-0.05, 0) is 55.0 Å². The Bertz CT molecular complexity index is 1040. The molecule has 2 aromatic heterocycles. The molecule has 0 saturated heterocycles. The zero-order valence-electron chi connectivity index (χ0n) is 15.7. The fourth-order valence-corrected chi connectivity index (χ4v) is 4.18. The van der Waals surface area contributed by atoms with Gasteiger partial charge in [0, 0.05) is 35.4 Å². The molecule has 0 aliphatic carbocycles. The minimum atomic E-state index is -0.346. The van der Waals surface area contributed by atoms with Gasteiger partial charge in [0.15, 0.2) is 0 Å². The lowest BCUT2D eigenvalue weighted by Gasteiger charge is -2.28. The summed E-state index contributed by atoms with van der Waals surface area (Å²) < 4.78 is 0. The molecule has 142 valence electrons. The van der Waals surface area contributed by atoms with Crippen LogP contribution in [0.25, 0.3) is 0 Å². The van der Waals surface area contributed by atoms with Crippen LogP contribution < -0.4 is 5.32 Å². The molecule has 0 bridgehead atoms. The topological polar surface area (TPSA) is 75.2 Å². The van der Waals surface area contributed by atoms with Crippen molar-refractivity contribution in [2.75, 3.05) is 11.9 Å². The summed E-state index contributed by atoms with van der Waals surface area (Å²) in [5, 5.41) is 4.92. The average Bonchev–Trinajstić information content (AvgIpc) is 3.17. The fourth-order valence-electron chi connectivity index (χ4n) is 3.29. The van der Waals surface area contributed by atoms with Crippen molar-refractivity contribution >= 4 is 28.8 Å². The molecule has 2 amide bonds. The maximum Gasteiger partial charge on any atom is 0.275 e. The second-order valence-corrected chi connectivity index (χ2v) is 7.82. The SMILES string of the molecule is Cc1cnc(C(=O)Nc2cccc(C(=O)N3CCc4sccc4C3)c2C)cn1. The lowest BCUT2D eigenvalue weighted by Crippen LogP contribution is -2.35. The molecule has 7 heteroatoms. The van der Waals surface area contributed by atoms with Crippen LogP contribution in [-0.4, -0.2) is 33.2 Å². The van der Waals surface area contributed by atoms with Gasteiger partial charge in [-0.1, -0.05) is 6.07 Å². The highest BCUT2D eigenvalue weighted by Crippen LogP contribution is 2.27. The van der Waals surface area contributed by atoms with Crippen LogP contribution in [0.1, 0.15) is 42.5 Å². The minimum Gasteiger partial charge on any atom is -0.334 e. The van der Waals surface area contributed by atoms with Crippen molar-refractivity contribution < 1.29 is 9.59 Å². The molecule has 3 aromatic rings. The highest BCUT2D eigenvalue weighted by atomic mass is 32.1. The van der Waals surface area contributed by atoms with Crippen LogP contribution in [0.2, 0.25) is 0 Å². The molecule has 1 aromatic carbocycles. The molecule has 28 heavy (non-hydrogen) atoms. The Morgan fingerprint density at radius 2 is 2.00 bits per heavy atom. The molecule has 6 nitrogen and oxygen atoms in total. The van der Waals surface area contributed by atoms with Crippen LogP contribution in [-0.2, 0) is 13.0 Å². The Hall–Kier alpha value is -3.06. The van der Waals surface area contributed by atoms with Crippen molar-refractivity contribution in [3.63, 3.8) is 0 Å². The quantitative estimate of drug-likeness (QED) is 0.739. The summed E-state index contributed by atoms with van der Waals surface area (Å²) >= 11 is 1.75. The van der Waals surface area contributed by atoms with Gasteiger partial charge in [-0.3, -0.25) is 14.6 Å². The Labute approximate surface area is 167 Å². The molecule has 3 heterocycles. The number of benzene rings is 1. The summed E-state index contributed by atoms with van der Waals surface area (Å²) in [6, 6.07) is 7.48.